The first kappa shape index (κ1) is 9.45. The lowest BCUT2D eigenvalue weighted by Gasteiger charge is -1.96. The average Bonchev–Trinajstić information content (AvgIpc) is 2.44. The molecule has 2 rings (SSSR count). The number of pyridine rings is 1. The summed E-state index contributed by atoms with van der Waals surface area (Å²) in [4.78, 5) is 26.2. The number of aryl methyl sites for hydroxylation is 2. The van der Waals surface area contributed by atoms with Gasteiger partial charge in [-0.25, -0.2) is 14.6 Å². The average molecular weight is 207 g/mol. The minimum absolute atomic E-state index is 0.0729. The monoisotopic (exact) mass is 207 g/mol. The molecule has 0 radical (unpaired) electrons. The van der Waals surface area contributed by atoms with E-state index < -0.39 is 5.97 Å². The van der Waals surface area contributed by atoms with E-state index in [2.05, 4.69) is 4.98 Å². The van der Waals surface area contributed by atoms with Crippen LogP contribution in [0.1, 0.15) is 10.4 Å². The van der Waals surface area contributed by atoms with E-state index in [-0.39, 0.29) is 11.3 Å². The van der Waals surface area contributed by atoms with Crippen molar-refractivity contribution in [2.24, 2.45) is 14.1 Å². The molecule has 0 saturated carbocycles. The maximum atomic E-state index is 11.5. The predicted molar refractivity (Wildman–Crippen MR) is 52.9 cm³/mol. The molecule has 0 spiro atoms. The largest absolute Gasteiger partial charge is 0.478 e. The van der Waals surface area contributed by atoms with Crippen molar-refractivity contribution >= 4 is 17.1 Å². The molecule has 0 amide bonds. The summed E-state index contributed by atoms with van der Waals surface area (Å²) >= 11 is 0. The van der Waals surface area contributed by atoms with E-state index in [1.54, 1.807) is 14.1 Å². The molecule has 6 nitrogen and oxygen atoms in total. The Kier molecular flexibility index (Phi) is 1.85. The molecule has 0 atom stereocenters. The third-order valence-electron chi connectivity index (χ3n) is 2.35. The van der Waals surface area contributed by atoms with Crippen LogP contribution in [0.3, 0.4) is 0 Å². The van der Waals surface area contributed by atoms with Crippen molar-refractivity contribution < 1.29 is 9.90 Å². The summed E-state index contributed by atoms with van der Waals surface area (Å²) in [6.07, 6.45) is 1.24. The van der Waals surface area contributed by atoms with Gasteiger partial charge in [0.05, 0.1) is 11.1 Å². The smallest absolute Gasteiger partial charge is 0.337 e. The molecule has 0 saturated heterocycles. The number of nitrogens with zero attached hydrogens (tertiary/aromatic N) is 3. The first-order chi connectivity index (χ1) is 7.02. The van der Waals surface area contributed by atoms with E-state index >= 15 is 0 Å². The zero-order chi connectivity index (χ0) is 11.2. The van der Waals surface area contributed by atoms with Gasteiger partial charge in [-0.15, -0.1) is 0 Å². The Hall–Kier alpha value is -2.11. The number of carboxylic acid groups (broad SMARTS) is 1. The highest BCUT2D eigenvalue weighted by atomic mass is 16.4. The minimum Gasteiger partial charge on any atom is -0.478 e. The summed E-state index contributed by atoms with van der Waals surface area (Å²) in [7, 11) is 3.18. The number of imidazole rings is 1. The maximum Gasteiger partial charge on any atom is 0.337 e. The maximum absolute atomic E-state index is 11.5. The number of aromatic nitrogens is 3. The summed E-state index contributed by atoms with van der Waals surface area (Å²) in [5.41, 5.74) is 0.846. The first-order valence-corrected chi connectivity index (χ1v) is 4.27. The number of carboxylic acids is 1. The molecule has 0 aromatic carbocycles. The minimum atomic E-state index is -1.05. The van der Waals surface area contributed by atoms with Crippen LogP contribution in [0, 0.1) is 0 Å². The van der Waals surface area contributed by atoms with E-state index in [0.717, 1.165) is 0 Å². The highest BCUT2D eigenvalue weighted by molar-refractivity contribution is 5.90. The van der Waals surface area contributed by atoms with Crippen LogP contribution in [0.25, 0.3) is 11.2 Å². The van der Waals surface area contributed by atoms with Crippen molar-refractivity contribution in [3.63, 3.8) is 0 Å². The molecule has 0 aliphatic heterocycles. The second-order valence-electron chi connectivity index (χ2n) is 3.27. The summed E-state index contributed by atoms with van der Waals surface area (Å²) in [5, 5.41) is 8.78. The van der Waals surface area contributed by atoms with Crippen molar-refractivity contribution in [1.29, 1.82) is 0 Å². The van der Waals surface area contributed by atoms with Gasteiger partial charge in [0.1, 0.15) is 0 Å². The Morgan fingerprint density at radius 3 is 2.67 bits per heavy atom. The summed E-state index contributed by atoms with van der Waals surface area (Å²) in [6, 6.07) is 1.44. The van der Waals surface area contributed by atoms with Gasteiger partial charge in [0, 0.05) is 20.3 Å². The molecular weight excluding hydrogens is 198 g/mol. The number of rotatable bonds is 1. The van der Waals surface area contributed by atoms with Gasteiger partial charge in [-0.1, -0.05) is 0 Å². The van der Waals surface area contributed by atoms with Gasteiger partial charge in [0.25, 0.3) is 0 Å². The van der Waals surface area contributed by atoms with Crippen LogP contribution in [-0.2, 0) is 14.1 Å². The quantitative estimate of drug-likeness (QED) is 0.712. The van der Waals surface area contributed by atoms with Gasteiger partial charge >= 0.3 is 11.7 Å². The van der Waals surface area contributed by atoms with E-state index in [4.69, 9.17) is 5.11 Å². The fourth-order valence-corrected chi connectivity index (χ4v) is 1.49. The molecule has 1 N–H and O–H groups in total. The van der Waals surface area contributed by atoms with E-state index in [0.29, 0.717) is 11.2 Å². The number of hydrogen-bond acceptors (Lipinski definition) is 3. The molecule has 0 unspecified atom stereocenters. The van der Waals surface area contributed by atoms with Crippen molar-refractivity contribution in [2.75, 3.05) is 0 Å². The molecule has 0 fully saturated rings. The van der Waals surface area contributed by atoms with Gasteiger partial charge in [-0.3, -0.25) is 9.13 Å². The van der Waals surface area contributed by atoms with Crippen LogP contribution >= 0.6 is 0 Å². The molecular formula is C9H9N3O3. The molecule has 6 heteroatoms. The van der Waals surface area contributed by atoms with Crippen LogP contribution in [0.15, 0.2) is 17.1 Å². The SMILES string of the molecule is Cn1c(=O)n(C)c2ncc(C(=O)O)cc21. The van der Waals surface area contributed by atoms with Crippen molar-refractivity contribution in [1.82, 2.24) is 14.1 Å². The topological polar surface area (TPSA) is 77.1 Å². The van der Waals surface area contributed by atoms with Crippen LogP contribution in [0.4, 0.5) is 0 Å². The summed E-state index contributed by atoms with van der Waals surface area (Å²) in [5.74, 6) is -1.05. The second-order valence-corrected chi connectivity index (χ2v) is 3.27. The van der Waals surface area contributed by atoms with Gasteiger partial charge in [0.15, 0.2) is 5.65 Å². The number of hydrogen-bond donors (Lipinski definition) is 1. The molecule has 0 aliphatic rings. The van der Waals surface area contributed by atoms with Crippen LogP contribution < -0.4 is 5.69 Å². The molecule has 2 aromatic heterocycles. The predicted octanol–water partition coefficient (Wildman–Crippen LogP) is -0.0298. The van der Waals surface area contributed by atoms with Crippen LogP contribution in [-0.4, -0.2) is 25.2 Å². The number of carbonyl (C=O) groups is 1. The van der Waals surface area contributed by atoms with Gasteiger partial charge < -0.3 is 5.11 Å². The fraction of sp³-hybridized carbons (Fsp3) is 0.222. The molecule has 0 bridgehead atoms. The first-order valence-electron chi connectivity index (χ1n) is 4.27. The second kappa shape index (κ2) is 2.94. The van der Waals surface area contributed by atoms with Crippen LogP contribution in [0.2, 0.25) is 0 Å². The number of fused-ring (bicyclic) bond motifs is 1. The third-order valence-corrected chi connectivity index (χ3v) is 2.35. The Morgan fingerprint density at radius 2 is 2.07 bits per heavy atom. The van der Waals surface area contributed by atoms with Gasteiger partial charge in [-0.2, -0.15) is 0 Å². The fourth-order valence-electron chi connectivity index (χ4n) is 1.49. The van der Waals surface area contributed by atoms with Crippen molar-refractivity contribution in [3.05, 3.63) is 28.3 Å². The van der Waals surface area contributed by atoms with Crippen molar-refractivity contribution in [2.45, 2.75) is 0 Å². The zero-order valence-corrected chi connectivity index (χ0v) is 8.26. The normalized spacial score (nSPS) is 10.8. The summed E-state index contributed by atoms with van der Waals surface area (Å²) < 4.78 is 2.75. The molecule has 0 aliphatic carbocycles. The Labute approximate surface area is 84.4 Å². The van der Waals surface area contributed by atoms with Crippen LogP contribution in [0.5, 0.6) is 0 Å². The lowest BCUT2D eigenvalue weighted by molar-refractivity contribution is 0.0696. The Bertz CT molecular complexity index is 609. The lowest BCUT2D eigenvalue weighted by atomic mass is 10.3. The van der Waals surface area contributed by atoms with Crippen molar-refractivity contribution in [3.8, 4) is 0 Å². The van der Waals surface area contributed by atoms with E-state index in [1.807, 2.05) is 0 Å². The molecule has 15 heavy (non-hydrogen) atoms. The van der Waals surface area contributed by atoms with Gasteiger partial charge in [-0.05, 0) is 6.07 Å². The molecule has 2 heterocycles. The summed E-state index contributed by atoms with van der Waals surface area (Å²) in [6.45, 7) is 0. The standard InChI is InChI=1S/C9H9N3O3/c1-11-6-3-5(8(13)14)4-10-7(6)12(2)9(11)15/h3-4H,1-2H3,(H,13,14). The number of aromatic carboxylic acids is 1. The lowest BCUT2D eigenvalue weighted by Crippen LogP contribution is -2.19. The molecule has 78 valence electrons. The highest BCUT2D eigenvalue weighted by Gasteiger charge is 2.11. The Balaban J connectivity index is 2.89. The third kappa shape index (κ3) is 1.22. The Morgan fingerprint density at radius 1 is 1.40 bits per heavy atom. The van der Waals surface area contributed by atoms with E-state index in [9.17, 15) is 9.59 Å². The van der Waals surface area contributed by atoms with E-state index in [1.165, 1.54) is 21.4 Å². The zero-order valence-electron chi connectivity index (χ0n) is 8.26. The highest BCUT2D eigenvalue weighted by Crippen LogP contribution is 2.10. The van der Waals surface area contributed by atoms with Gasteiger partial charge in [0.2, 0.25) is 0 Å². The molecule has 2 aromatic rings.